The van der Waals surface area contributed by atoms with E-state index in [1.165, 1.54) is 0 Å². The van der Waals surface area contributed by atoms with Gasteiger partial charge < -0.3 is 24.4 Å². The number of hydrogen-bond acceptors (Lipinski definition) is 6. The van der Waals surface area contributed by atoms with Gasteiger partial charge in [-0.3, -0.25) is 14.5 Å². The molecule has 2 aromatic carbocycles. The molecule has 0 spiro atoms. The number of nitrogens with zero attached hydrogens (tertiary/aromatic N) is 2. The zero-order valence-corrected chi connectivity index (χ0v) is 20.2. The number of ether oxygens (including phenoxy) is 3. The van der Waals surface area contributed by atoms with Crippen LogP contribution in [0.5, 0.6) is 11.5 Å². The quantitative estimate of drug-likeness (QED) is 0.616. The molecule has 2 unspecified atom stereocenters. The van der Waals surface area contributed by atoms with Crippen LogP contribution in [0.4, 0.5) is 5.69 Å². The fraction of sp³-hybridized carbons (Fsp3) is 0.440. The number of benzene rings is 2. The van der Waals surface area contributed by atoms with Gasteiger partial charge >= 0.3 is 0 Å². The molecule has 2 aliphatic rings. The van der Waals surface area contributed by atoms with Crippen LogP contribution in [0.25, 0.3) is 0 Å². The maximum absolute atomic E-state index is 13.1. The summed E-state index contributed by atoms with van der Waals surface area (Å²) >= 11 is 6.27. The van der Waals surface area contributed by atoms with Crippen molar-refractivity contribution < 1.29 is 23.8 Å². The number of amides is 2. The Morgan fingerprint density at radius 3 is 2.59 bits per heavy atom. The lowest BCUT2D eigenvalue weighted by atomic mass is 10.0. The van der Waals surface area contributed by atoms with Crippen LogP contribution in [0.1, 0.15) is 18.0 Å². The predicted octanol–water partition coefficient (Wildman–Crippen LogP) is 2.90. The second-order valence-electron chi connectivity index (χ2n) is 8.38. The SMILES string of the molecule is COc1ccc(C(CNC(=O)C2CC(=O)N(c3ccccc3Cl)C2)N2CCOCC2)cc1OC. The molecule has 2 aliphatic heterocycles. The molecule has 2 fully saturated rings. The van der Waals surface area contributed by atoms with E-state index >= 15 is 0 Å². The molecule has 2 heterocycles. The largest absolute Gasteiger partial charge is 0.493 e. The monoisotopic (exact) mass is 487 g/mol. The number of halogens is 1. The van der Waals surface area contributed by atoms with Crippen molar-refractivity contribution in [1.82, 2.24) is 10.2 Å². The van der Waals surface area contributed by atoms with E-state index < -0.39 is 5.92 Å². The van der Waals surface area contributed by atoms with Crippen molar-refractivity contribution in [2.75, 3.05) is 58.5 Å². The van der Waals surface area contributed by atoms with Gasteiger partial charge in [0.2, 0.25) is 11.8 Å². The number of para-hydroxylation sites is 1. The summed E-state index contributed by atoms with van der Waals surface area (Å²) in [6.07, 6.45) is 0.162. The first kappa shape index (κ1) is 24.3. The van der Waals surface area contributed by atoms with Gasteiger partial charge in [0, 0.05) is 32.6 Å². The Morgan fingerprint density at radius 1 is 1.15 bits per heavy atom. The Morgan fingerprint density at radius 2 is 1.88 bits per heavy atom. The molecule has 0 bridgehead atoms. The summed E-state index contributed by atoms with van der Waals surface area (Å²) in [5.74, 6) is 0.625. The lowest BCUT2D eigenvalue weighted by molar-refractivity contribution is -0.126. The molecule has 0 radical (unpaired) electrons. The zero-order valence-electron chi connectivity index (χ0n) is 19.5. The van der Waals surface area contributed by atoms with Gasteiger partial charge in [-0.15, -0.1) is 0 Å². The number of carbonyl (C=O) groups excluding carboxylic acids is 2. The third kappa shape index (κ3) is 5.29. The maximum Gasteiger partial charge on any atom is 0.227 e. The van der Waals surface area contributed by atoms with Crippen molar-refractivity contribution >= 4 is 29.1 Å². The van der Waals surface area contributed by atoms with Crippen molar-refractivity contribution in [3.05, 3.63) is 53.1 Å². The van der Waals surface area contributed by atoms with E-state index in [9.17, 15) is 9.59 Å². The summed E-state index contributed by atoms with van der Waals surface area (Å²) in [6, 6.07) is 12.9. The standard InChI is InChI=1S/C25H30ClN3O5/c1-32-22-8-7-17(13-23(22)33-2)21(28-9-11-34-12-10-28)15-27-25(31)18-14-24(30)29(16-18)20-6-4-3-5-19(20)26/h3-8,13,18,21H,9-12,14-16H2,1-2H3,(H,27,31). The molecule has 1 N–H and O–H groups in total. The first-order valence-electron chi connectivity index (χ1n) is 11.4. The molecular weight excluding hydrogens is 458 g/mol. The van der Waals surface area contributed by atoms with Gasteiger partial charge in [0.05, 0.1) is 50.1 Å². The summed E-state index contributed by atoms with van der Waals surface area (Å²) in [5, 5.41) is 3.59. The van der Waals surface area contributed by atoms with Gasteiger partial charge in [0.15, 0.2) is 11.5 Å². The van der Waals surface area contributed by atoms with Crippen molar-refractivity contribution in [3.8, 4) is 11.5 Å². The van der Waals surface area contributed by atoms with Crippen LogP contribution in [0, 0.1) is 5.92 Å². The Labute approximate surface area is 204 Å². The Kier molecular flexibility index (Phi) is 7.92. The fourth-order valence-corrected chi connectivity index (χ4v) is 4.77. The summed E-state index contributed by atoms with van der Waals surface area (Å²) in [7, 11) is 3.21. The Balaban J connectivity index is 1.47. The van der Waals surface area contributed by atoms with E-state index in [1.807, 2.05) is 30.3 Å². The number of nitrogens with one attached hydrogen (secondary N) is 1. The minimum absolute atomic E-state index is 0.0653. The number of rotatable bonds is 8. The van der Waals surface area contributed by atoms with Crippen molar-refractivity contribution in [1.29, 1.82) is 0 Å². The number of hydrogen-bond donors (Lipinski definition) is 1. The number of carbonyl (C=O) groups is 2. The van der Waals surface area contributed by atoms with Crippen molar-refractivity contribution in [3.63, 3.8) is 0 Å². The van der Waals surface area contributed by atoms with Gasteiger partial charge in [-0.2, -0.15) is 0 Å². The van der Waals surface area contributed by atoms with E-state index in [4.69, 9.17) is 25.8 Å². The Hall–Kier alpha value is -2.81. The molecule has 8 nitrogen and oxygen atoms in total. The van der Waals surface area contributed by atoms with Gasteiger partial charge in [0.1, 0.15) is 0 Å². The van der Waals surface area contributed by atoms with Crippen LogP contribution in [0.15, 0.2) is 42.5 Å². The number of anilines is 1. The van der Waals surface area contributed by atoms with Gasteiger partial charge in [0.25, 0.3) is 0 Å². The molecule has 2 saturated heterocycles. The van der Waals surface area contributed by atoms with Crippen LogP contribution >= 0.6 is 11.6 Å². The van der Waals surface area contributed by atoms with E-state index in [1.54, 1.807) is 31.3 Å². The molecule has 9 heteroatoms. The zero-order chi connectivity index (χ0) is 24.1. The smallest absolute Gasteiger partial charge is 0.227 e. The normalized spacial score (nSPS) is 19.7. The van der Waals surface area contributed by atoms with Crippen molar-refractivity contribution in [2.45, 2.75) is 12.5 Å². The topological polar surface area (TPSA) is 80.3 Å². The minimum atomic E-state index is -0.431. The molecule has 34 heavy (non-hydrogen) atoms. The molecule has 2 aromatic rings. The summed E-state index contributed by atoms with van der Waals surface area (Å²) < 4.78 is 16.4. The van der Waals surface area contributed by atoms with Gasteiger partial charge in [-0.25, -0.2) is 0 Å². The van der Waals surface area contributed by atoms with Crippen molar-refractivity contribution in [2.24, 2.45) is 5.92 Å². The average Bonchev–Trinajstić information content (AvgIpc) is 3.26. The number of methoxy groups -OCH3 is 2. The van der Waals surface area contributed by atoms with Gasteiger partial charge in [-0.1, -0.05) is 29.8 Å². The summed E-state index contributed by atoms with van der Waals surface area (Å²) in [5.41, 5.74) is 1.65. The second kappa shape index (κ2) is 11.1. The van der Waals surface area contributed by atoms with E-state index in [0.29, 0.717) is 48.5 Å². The van der Waals surface area contributed by atoms with Crippen LogP contribution in [-0.2, 0) is 14.3 Å². The molecular formula is C25H30ClN3O5. The van der Waals surface area contributed by atoms with E-state index in [2.05, 4.69) is 10.2 Å². The highest BCUT2D eigenvalue weighted by Crippen LogP contribution is 2.33. The van der Waals surface area contributed by atoms with Crippen LogP contribution in [-0.4, -0.2) is 70.3 Å². The van der Waals surface area contributed by atoms with Crippen LogP contribution in [0.3, 0.4) is 0 Å². The molecule has 2 amide bonds. The Bertz CT molecular complexity index is 1030. The molecule has 0 aliphatic carbocycles. The molecule has 0 saturated carbocycles. The molecule has 4 rings (SSSR count). The first-order valence-corrected chi connectivity index (χ1v) is 11.8. The lowest BCUT2D eigenvalue weighted by Gasteiger charge is -2.35. The first-order chi connectivity index (χ1) is 16.5. The fourth-order valence-electron chi connectivity index (χ4n) is 4.54. The van der Waals surface area contributed by atoms with E-state index in [-0.39, 0.29) is 24.3 Å². The average molecular weight is 488 g/mol. The van der Waals surface area contributed by atoms with Crippen LogP contribution in [0.2, 0.25) is 5.02 Å². The third-order valence-electron chi connectivity index (χ3n) is 6.39. The predicted molar refractivity (Wildman–Crippen MR) is 130 cm³/mol. The maximum atomic E-state index is 13.1. The molecule has 2 atom stereocenters. The summed E-state index contributed by atoms with van der Waals surface area (Å²) in [6.45, 7) is 3.52. The summed E-state index contributed by atoms with van der Waals surface area (Å²) in [4.78, 5) is 29.6. The molecule has 0 aromatic heterocycles. The highest BCUT2D eigenvalue weighted by Gasteiger charge is 2.36. The van der Waals surface area contributed by atoms with Crippen LogP contribution < -0.4 is 19.7 Å². The van der Waals surface area contributed by atoms with E-state index in [0.717, 1.165) is 18.7 Å². The number of morpholine rings is 1. The highest BCUT2D eigenvalue weighted by molar-refractivity contribution is 6.33. The second-order valence-corrected chi connectivity index (χ2v) is 8.79. The third-order valence-corrected chi connectivity index (χ3v) is 6.71. The van der Waals surface area contributed by atoms with Gasteiger partial charge in [-0.05, 0) is 29.8 Å². The minimum Gasteiger partial charge on any atom is -0.493 e. The molecule has 182 valence electrons. The lowest BCUT2D eigenvalue weighted by Crippen LogP contribution is -2.45. The highest BCUT2D eigenvalue weighted by atomic mass is 35.5.